The quantitative estimate of drug-likeness (QED) is 0.623. The molecule has 0 aromatic heterocycles. The highest BCUT2D eigenvalue weighted by Gasteiger charge is 2.49. The maximum atomic E-state index is 11.7. The molecule has 0 fully saturated rings. The first-order chi connectivity index (χ1) is 8.77. The molecule has 0 radical (unpaired) electrons. The van der Waals surface area contributed by atoms with Gasteiger partial charge in [-0.3, -0.25) is 4.79 Å². The van der Waals surface area contributed by atoms with E-state index in [9.17, 15) is 4.79 Å². The van der Waals surface area contributed by atoms with Crippen molar-refractivity contribution in [3.05, 3.63) is 34.3 Å². The lowest BCUT2D eigenvalue weighted by Gasteiger charge is -2.39. The molecule has 1 atom stereocenters. The van der Waals surface area contributed by atoms with Crippen molar-refractivity contribution < 1.29 is 9.53 Å². The molecule has 0 amide bonds. The van der Waals surface area contributed by atoms with Crippen molar-refractivity contribution in [2.24, 2.45) is 5.41 Å². The Balaban J connectivity index is 2.37. The lowest BCUT2D eigenvalue weighted by atomic mass is 9.71. The number of esters is 1. The van der Waals surface area contributed by atoms with E-state index in [-0.39, 0.29) is 11.4 Å². The van der Waals surface area contributed by atoms with Gasteiger partial charge in [-0.25, -0.2) is 0 Å². The van der Waals surface area contributed by atoms with Crippen LogP contribution in [-0.4, -0.2) is 18.0 Å². The Hall–Kier alpha value is -0.730. The standard InChI is InChI=1S/C15H18Cl2O2/c1-14(2,17)15(9-13(18)19-3)7-10-4-5-12(16)6-11(10)8-15/h4-6H,7-9H2,1-3H3. The van der Waals surface area contributed by atoms with Crippen LogP contribution in [0.4, 0.5) is 0 Å². The van der Waals surface area contributed by atoms with Crippen LogP contribution in [0, 0.1) is 5.41 Å². The molecule has 0 heterocycles. The molecule has 1 unspecified atom stereocenters. The van der Waals surface area contributed by atoms with E-state index in [4.69, 9.17) is 27.9 Å². The molecule has 2 rings (SSSR count). The van der Waals surface area contributed by atoms with E-state index in [1.54, 1.807) is 0 Å². The summed E-state index contributed by atoms with van der Waals surface area (Å²) in [7, 11) is 1.41. The van der Waals surface area contributed by atoms with Crippen LogP contribution in [0.25, 0.3) is 0 Å². The second kappa shape index (κ2) is 4.99. The lowest BCUT2D eigenvalue weighted by molar-refractivity contribution is -0.143. The van der Waals surface area contributed by atoms with E-state index >= 15 is 0 Å². The topological polar surface area (TPSA) is 26.3 Å². The second-order valence-electron chi connectivity index (χ2n) is 5.77. The molecule has 4 heteroatoms. The van der Waals surface area contributed by atoms with Crippen LogP contribution in [0.3, 0.4) is 0 Å². The van der Waals surface area contributed by atoms with Crippen molar-refractivity contribution in [1.29, 1.82) is 0 Å². The Morgan fingerprint density at radius 2 is 2.00 bits per heavy atom. The predicted molar refractivity (Wildman–Crippen MR) is 77.9 cm³/mol. The first-order valence-corrected chi connectivity index (χ1v) is 7.06. The van der Waals surface area contributed by atoms with E-state index < -0.39 is 4.87 Å². The van der Waals surface area contributed by atoms with Crippen molar-refractivity contribution >= 4 is 29.2 Å². The van der Waals surface area contributed by atoms with E-state index in [1.807, 2.05) is 32.0 Å². The van der Waals surface area contributed by atoms with Gasteiger partial charge in [-0.05, 0) is 49.9 Å². The van der Waals surface area contributed by atoms with Gasteiger partial charge < -0.3 is 4.74 Å². The number of alkyl halides is 1. The molecule has 0 saturated heterocycles. The average Bonchev–Trinajstić information content (AvgIpc) is 2.66. The number of ether oxygens (including phenoxy) is 1. The molecule has 1 aromatic carbocycles. The van der Waals surface area contributed by atoms with Crippen molar-refractivity contribution in [3.63, 3.8) is 0 Å². The first-order valence-electron chi connectivity index (χ1n) is 6.30. The third kappa shape index (κ3) is 2.75. The minimum atomic E-state index is -0.493. The zero-order valence-corrected chi connectivity index (χ0v) is 12.9. The molecule has 104 valence electrons. The summed E-state index contributed by atoms with van der Waals surface area (Å²) in [6.07, 6.45) is 1.87. The summed E-state index contributed by atoms with van der Waals surface area (Å²) >= 11 is 12.6. The molecule has 0 spiro atoms. The van der Waals surface area contributed by atoms with E-state index in [0.29, 0.717) is 6.42 Å². The molecular formula is C15H18Cl2O2. The molecule has 0 saturated carbocycles. The fourth-order valence-corrected chi connectivity index (χ4v) is 3.22. The summed E-state index contributed by atoms with van der Waals surface area (Å²) in [4.78, 5) is 11.2. The van der Waals surface area contributed by atoms with Crippen LogP contribution in [0.1, 0.15) is 31.4 Å². The fraction of sp³-hybridized carbons (Fsp3) is 0.533. The van der Waals surface area contributed by atoms with Crippen LogP contribution in [0.2, 0.25) is 5.02 Å². The highest BCUT2D eigenvalue weighted by atomic mass is 35.5. The summed E-state index contributed by atoms with van der Waals surface area (Å²) in [5.41, 5.74) is 2.10. The third-order valence-electron chi connectivity index (χ3n) is 4.20. The van der Waals surface area contributed by atoms with Crippen molar-refractivity contribution in [2.75, 3.05) is 7.11 Å². The summed E-state index contributed by atoms with van der Waals surface area (Å²) in [6.45, 7) is 3.93. The van der Waals surface area contributed by atoms with Crippen LogP contribution in [0.15, 0.2) is 18.2 Å². The van der Waals surface area contributed by atoms with Gasteiger partial charge >= 0.3 is 5.97 Å². The van der Waals surface area contributed by atoms with Gasteiger partial charge in [-0.1, -0.05) is 17.7 Å². The zero-order valence-electron chi connectivity index (χ0n) is 11.4. The Bertz CT molecular complexity index is 505. The van der Waals surface area contributed by atoms with E-state index in [1.165, 1.54) is 18.2 Å². The number of hydrogen-bond acceptors (Lipinski definition) is 2. The van der Waals surface area contributed by atoms with Crippen molar-refractivity contribution in [2.45, 2.75) is 38.0 Å². The number of halogens is 2. The van der Waals surface area contributed by atoms with Crippen LogP contribution >= 0.6 is 23.2 Å². The highest BCUT2D eigenvalue weighted by Crippen LogP contribution is 2.50. The number of carbonyl (C=O) groups is 1. The van der Waals surface area contributed by atoms with Gasteiger partial charge in [0.1, 0.15) is 0 Å². The van der Waals surface area contributed by atoms with Crippen molar-refractivity contribution in [3.8, 4) is 0 Å². The Morgan fingerprint density at radius 3 is 2.58 bits per heavy atom. The Labute approximate surface area is 124 Å². The zero-order chi connectivity index (χ0) is 14.3. The Kier molecular flexibility index (Phi) is 3.85. The largest absolute Gasteiger partial charge is 0.469 e. The summed E-state index contributed by atoms with van der Waals surface area (Å²) in [5, 5.41) is 0.722. The molecule has 2 nitrogen and oxygen atoms in total. The van der Waals surface area contributed by atoms with Crippen LogP contribution in [0.5, 0.6) is 0 Å². The monoisotopic (exact) mass is 300 g/mol. The molecule has 1 aliphatic rings. The van der Waals surface area contributed by atoms with Gasteiger partial charge in [0, 0.05) is 15.3 Å². The second-order valence-corrected chi connectivity index (χ2v) is 7.15. The first kappa shape index (κ1) is 14.7. The van der Waals surface area contributed by atoms with Gasteiger partial charge in [-0.15, -0.1) is 11.6 Å². The number of benzene rings is 1. The summed E-state index contributed by atoms with van der Waals surface area (Å²) in [5.74, 6) is -0.215. The minimum Gasteiger partial charge on any atom is -0.469 e. The number of hydrogen-bond donors (Lipinski definition) is 0. The van der Waals surface area contributed by atoms with Gasteiger partial charge in [-0.2, -0.15) is 0 Å². The van der Waals surface area contributed by atoms with Crippen molar-refractivity contribution in [1.82, 2.24) is 0 Å². The summed E-state index contributed by atoms with van der Waals surface area (Å²) in [6, 6.07) is 5.88. The molecule has 0 aliphatic heterocycles. The summed E-state index contributed by atoms with van der Waals surface area (Å²) < 4.78 is 4.83. The molecule has 1 aromatic rings. The van der Waals surface area contributed by atoms with E-state index in [0.717, 1.165) is 17.9 Å². The maximum Gasteiger partial charge on any atom is 0.306 e. The normalized spacial score (nSPS) is 22.2. The molecule has 0 N–H and O–H groups in total. The third-order valence-corrected chi connectivity index (χ3v) is 4.83. The Morgan fingerprint density at radius 1 is 1.37 bits per heavy atom. The number of methoxy groups -OCH3 is 1. The average molecular weight is 301 g/mol. The number of rotatable bonds is 3. The van der Waals surface area contributed by atoms with Gasteiger partial charge in [0.05, 0.1) is 13.5 Å². The SMILES string of the molecule is COC(=O)CC1(C(C)(C)Cl)Cc2ccc(Cl)cc2C1. The van der Waals surface area contributed by atoms with Gasteiger partial charge in [0.2, 0.25) is 0 Å². The minimum absolute atomic E-state index is 0.215. The van der Waals surface area contributed by atoms with E-state index in [2.05, 4.69) is 0 Å². The molecule has 0 bridgehead atoms. The lowest BCUT2D eigenvalue weighted by Crippen LogP contribution is -2.42. The predicted octanol–water partition coefficient (Wildman–Crippen LogP) is 4.01. The molecular weight excluding hydrogens is 283 g/mol. The number of fused-ring (bicyclic) bond motifs is 1. The van der Waals surface area contributed by atoms with Gasteiger partial charge in [0.25, 0.3) is 0 Å². The molecule has 19 heavy (non-hydrogen) atoms. The van der Waals surface area contributed by atoms with Crippen LogP contribution < -0.4 is 0 Å². The fourth-order valence-electron chi connectivity index (χ4n) is 2.83. The maximum absolute atomic E-state index is 11.7. The van der Waals surface area contributed by atoms with Gasteiger partial charge in [0.15, 0.2) is 0 Å². The number of carbonyl (C=O) groups excluding carboxylic acids is 1. The molecule has 1 aliphatic carbocycles. The van der Waals surface area contributed by atoms with Crippen LogP contribution in [-0.2, 0) is 22.4 Å². The smallest absolute Gasteiger partial charge is 0.306 e. The highest BCUT2D eigenvalue weighted by molar-refractivity contribution is 6.30.